The summed E-state index contributed by atoms with van der Waals surface area (Å²) in [5, 5.41) is 9.38. The SMILES string of the molecule is COc1nc(/C=C/C(=O)NNCCC[C@H](C#N)c2ccccc2C(F)(F)F)ccc1-n1cnc(C)c1. The highest BCUT2D eigenvalue weighted by Crippen LogP contribution is 2.36. The minimum atomic E-state index is -4.53. The quantitative estimate of drug-likeness (QED) is 0.245. The molecule has 1 amide bonds. The fourth-order valence-corrected chi connectivity index (χ4v) is 3.54. The van der Waals surface area contributed by atoms with Crippen LogP contribution in [0.4, 0.5) is 13.2 Å². The number of nitrogens with one attached hydrogen (secondary N) is 2. The van der Waals surface area contributed by atoms with Gasteiger partial charge in [0.2, 0.25) is 5.88 Å². The Morgan fingerprint density at radius 3 is 2.72 bits per heavy atom. The van der Waals surface area contributed by atoms with Crippen LogP contribution in [0, 0.1) is 18.3 Å². The number of hydrogen-bond acceptors (Lipinski definition) is 6. The molecule has 0 aliphatic rings. The average molecular weight is 499 g/mol. The number of amides is 1. The van der Waals surface area contributed by atoms with Gasteiger partial charge in [0, 0.05) is 18.8 Å². The molecule has 0 bridgehead atoms. The highest BCUT2D eigenvalue weighted by Gasteiger charge is 2.34. The number of aromatic nitrogens is 3. The second-order valence-electron chi connectivity index (χ2n) is 7.85. The molecular weight excluding hydrogens is 473 g/mol. The molecule has 2 N–H and O–H groups in total. The smallest absolute Gasteiger partial charge is 0.416 e. The van der Waals surface area contributed by atoms with Gasteiger partial charge in [-0.15, -0.1) is 0 Å². The lowest BCUT2D eigenvalue weighted by atomic mass is 9.91. The monoisotopic (exact) mass is 498 g/mol. The zero-order valence-corrected chi connectivity index (χ0v) is 19.7. The fraction of sp³-hybridized carbons (Fsp3) is 0.280. The van der Waals surface area contributed by atoms with Crippen LogP contribution < -0.4 is 15.6 Å². The first kappa shape index (κ1) is 26.4. The summed E-state index contributed by atoms with van der Waals surface area (Å²) in [7, 11) is 1.50. The number of hydrazine groups is 1. The Balaban J connectivity index is 1.49. The number of rotatable bonds is 10. The molecule has 188 valence electrons. The van der Waals surface area contributed by atoms with Crippen LogP contribution in [-0.4, -0.2) is 34.1 Å². The Morgan fingerprint density at radius 1 is 1.28 bits per heavy atom. The molecule has 0 fully saturated rings. The molecule has 0 unspecified atom stereocenters. The van der Waals surface area contributed by atoms with Crippen LogP contribution in [0.25, 0.3) is 11.8 Å². The van der Waals surface area contributed by atoms with Gasteiger partial charge in [0.1, 0.15) is 5.69 Å². The summed E-state index contributed by atoms with van der Waals surface area (Å²) >= 11 is 0. The number of nitrogens with zero attached hydrogens (tertiary/aromatic N) is 4. The largest absolute Gasteiger partial charge is 0.479 e. The van der Waals surface area contributed by atoms with E-state index in [1.807, 2.05) is 19.2 Å². The second-order valence-corrected chi connectivity index (χ2v) is 7.85. The number of carbonyl (C=O) groups is 1. The first-order chi connectivity index (χ1) is 17.2. The Hall–Kier alpha value is -4.17. The number of methoxy groups -OCH3 is 1. The van der Waals surface area contributed by atoms with Crippen molar-refractivity contribution in [3.8, 4) is 17.6 Å². The summed E-state index contributed by atoms with van der Waals surface area (Å²) in [5.74, 6) is -0.980. The van der Waals surface area contributed by atoms with Crippen molar-refractivity contribution in [2.24, 2.45) is 0 Å². The maximum absolute atomic E-state index is 13.2. The number of aryl methyl sites for hydroxylation is 1. The number of hydrogen-bond donors (Lipinski definition) is 2. The lowest BCUT2D eigenvalue weighted by Gasteiger charge is -2.16. The molecule has 3 rings (SSSR count). The Morgan fingerprint density at radius 2 is 2.06 bits per heavy atom. The molecule has 0 saturated heterocycles. The summed E-state index contributed by atoms with van der Waals surface area (Å²) in [6.45, 7) is 2.14. The molecule has 1 atom stereocenters. The van der Waals surface area contributed by atoms with E-state index < -0.39 is 23.6 Å². The molecule has 0 aliphatic heterocycles. The van der Waals surface area contributed by atoms with Gasteiger partial charge in [-0.1, -0.05) is 18.2 Å². The molecule has 2 aromatic heterocycles. The first-order valence-electron chi connectivity index (χ1n) is 11.1. The van der Waals surface area contributed by atoms with Gasteiger partial charge >= 0.3 is 6.18 Å². The molecule has 0 saturated carbocycles. The van der Waals surface area contributed by atoms with Crippen molar-refractivity contribution in [3.63, 3.8) is 0 Å². The van der Waals surface area contributed by atoms with E-state index in [0.29, 0.717) is 23.7 Å². The molecule has 0 radical (unpaired) electrons. The second kappa shape index (κ2) is 12.0. The molecule has 2 heterocycles. The van der Waals surface area contributed by atoms with Gasteiger partial charge in [0.15, 0.2) is 0 Å². The molecule has 0 aliphatic carbocycles. The van der Waals surface area contributed by atoms with Crippen LogP contribution in [0.15, 0.2) is 55.0 Å². The van der Waals surface area contributed by atoms with E-state index in [1.165, 1.54) is 37.5 Å². The predicted octanol–water partition coefficient (Wildman–Crippen LogP) is 4.32. The van der Waals surface area contributed by atoms with Crippen LogP contribution >= 0.6 is 0 Å². The van der Waals surface area contributed by atoms with Crippen LogP contribution in [0.5, 0.6) is 5.88 Å². The Bertz CT molecular complexity index is 1260. The van der Waals surface area contributed by atoms with Crippen molar-refractivity contribution >= 4 is 12.0 Å². The number of pyridine rings is 1. The summed E-state index contributed by atoms with van der Waals surface area (Å²) < 4.78 is 46.8. The highest BCUT2D eigenvalue weighted by molar-refractivity contribution is 5.91. The van der Waals surface area contributed by atoms with E-state index in [1.54, 1.807) is 23.0 Å². The summed E-state index contributed by atoms with van der Waals surface area (Å²) in [4.78, 5) is 20.6. The number of nitriles is 1. The Labute approximate surface area is 206 Å². The van der Waals surface area contributed by atoms with Crippen LogP contribution in [-0.2, 0) is 11.0 Å². The maximum atomic E-state index is 13.2. The van der Waals surface area contributed by atoms with E-state index in [0.717, 1.165) is 11.8 Å². The highest BCUT2D eigenvalue weighted by atomic mass is 19.4. The minimum absolute atomic E-state index is 0.0448. The van der Waals surface area contributed by atoms with Crippen molar-refractivity contribution in [1.29, 1.82) is 5.26 Å². The number of benzene rings is 1. The van der Waals surface area contributed by atoms with Crippen LogP contribution in [0.1, 0.15) is 41.3 Å². The predicted molar refractivity (Wildman–Crippen MR) is 127 cm³/mol. The van der Waals surface area contributed by atoms with Gasteiger partial charge in [0.25, 0.3) is 5.91 Å². The zero-order chi connectivity index (χ0) is 26.1. The maximum Gasteiger partial charge on any atom is 0.416 e. The fourth-order valence-electron chi connectivity index (χ4n) is 3.54. The summed E-state index contributed by atoms with van der Waals surface area (Å²) in [6, 6.07) is 10.5. The number of imidazole rings is 1. The Kier molecular flexibility index (Phi) is 8.81. The normalized spacial score (nSPS) is 12.3. The minimum Gasteiger partial charge on any atom is -0.479 e. The number of ether oxygens (including phenoxy) is 1. The number of alkyl halides is 3. The average Bonchev–Trinajstić information content (AvgIpc) is 3.30. The van der Waals surface area contributed by atoms with Crippen LogP contribution in [0.2, 0.25) is 0 Å². The van der Waals surface area contributed by atoms with Crippen LogP contribution in [0.3, 0.4) is 0 Å². The molecule has 3 aromatic rings. The number of carbonyl (C=O) groups excluding carboxylic acids is 1. The van der Waals surface area contributed by atoms with Crippen molar-refractivity contribution in [2.45, 2.75) is 31.9 Å². The third kappa shape index (κ3) is 6.93. The van der Waals surface area contributed by atoms with Crippen molar-refractivity contribution in [2.75, 3.05) is 13.7 Å². The molecule has 11 heteroatoms. The summed E-state index contributed by atoms with van der Waals surface area (Å²) in [6.07, 6.45) is 2.34. The molecule has 1 aromatic carbocycles. The third-order valence-electron chi connectivity index (χ3n) is 5.25. The van der Waals surface area contributed by atoms with E-state index in [-0.39, 0.29) is 18.5 Å². The first-order valence-corrected chi connectivity index (χ1v) is 11.1. The van der Waals surface area contributed by atoms with Gasteiger partial charge in [0.05, 0.1) is 42.4 Å². The van der Waals surface area contributed by atoms with E-state index in [2.05, 4.69) is 20.8 Å². The van der Waals surface area contributed by atoms with Crippen molar-refractivity contribution in [3.05, 3.63) is 77.5 Å². The molecule has 36 heavy (non-hydrogen) atoms. The molecule has 0 spiro atoms. The molecule has 8 nitrogen and oxygen atoms in total. The van der Waals surface area contributed by atoms with E-state index >= 15 is 0 Å². The van der Waals surface area contributed by atoms with Gasteiger partial charge in [-0.25, -0.2) is 15.4 Å². The lowest BCUT2D eigenvalue weighted by Crippen LogP contribution is -2.36. The zero-order valence-electron chi connectivity index (χ0n) is 19.7. The van der Waals surface area contributed by atoms with Gasteiger partial charge in [-0.2, -0.15) is 18.4 Å². The van der Waals surface area contributed by atoms with E-state index in [9.17, 15) is 23.2 Å². The van der Waals surface area contributed by atoms with Gasteiger partial charge < -0.3 is 9.30 Å². The van der Waals surface area contributed by atoms with E-state index in [4.69, 9.17) is 4.74 Å². The number of halogens is 3. The lowest BCUT2D eigenvalue weighted by molar-refractivity contribution is -0.138. The van der Waals surface area contributed by atoms with Gasteiger partial charge in [-0.05, 0) is 49.6 Å². The third-order valence-corrected chi connectivity index (χ3v) is 5.25. The topological polar surface area (TPSA) is 105 Å². The molecular formula is C25H25F3N6O2. The van der Waals surface area contributed by atoms with Gasteiger partial charge in [-0.3, -0.25) is 10.2 Å². The summed E-state index contributed by atoms with van der Waals surface area (Å²) in [5.41, 5.74) is 6.40. The van der Waals surface area contributed by atoms with Crippen molar-refractivity contribution < 1.29 is 22.7 Å². The standard InChI is InChI=1S/C25H25F3N6O2/c1-17-15-34(16-30-17)22-11-9-19(32-24(22)36-2)10-12-23(35)33-31-13-5-6-18(14-29)20-7-3-4-8-21(20)25(26,27)28/h3-4,7-12,15-16,18,31H,5-6,13H2,1-2H3,(H,33,35)/b12-10+/t18-/m1/s1. The van der Waals surface area contributed by atoms with Crippen molar-refractivity contribution in [1.82, 2.24) is 25.4 Å².